The maximum absolute atomic E-state index is 13.0. The van der Waals surface area contributed by atoms with Gasteiger partial charge < -0.3 is 10.1 Å². The molecule has 0 atom stereocenters. The third-order valence-corrected chi connectivity index (χ3v) is 7.48. The van der Waals surface area contributed by atoms with E-state index in [4.69, 9.17) is 27.9 Å². The number of halogens is 2. The van der Waals surface area contributed by atoms with E-state index in [2.05, 4.69) is 5.32 Å². The fourth-order valence-electron chi connectivity index (χ4n) is 3.13. The first-order valence-corrected chi connectivity index (χ1v) is 12.4. The lowest BCUT2D eigenvalue weighted by molar-refractivity contribution is 0.102. The molecule has 0 unspecified atom stereocenters. The van der Waals surface area contributed by atoms with E-state index < -0.39 is 10.0 Å². The van der Waals surface area contributed by atoms with E-state index in [1.807, 2.05) is 13.8 Å². The summed E-state index contributed by atoms with van der Waals surface area (Å²) in [5.41, 5.74) is 2.37. The number of aryl methyl sites for hydroxylation is 1. The average molecular weight is 507 g/mol. The lowest BCUT2D eigenvalue weighted by Crippen LogP contribution is -2.27. The molecule has 0 saturated carbocycles. The first kappa shape index (κ1) is 25.1. The molecule has 33 heavy (non-hydrogen) atoms. The van der Waals surface area contributed by atoms with Gasteiger partial charge in [0.15, 0.2) is 0 Å². The number of amides is 1. The van der Waals surface area contributed by atoms with Crippen molar-refractivity contribution >= 4 is 44.8 Å². The summed E-state index contributed by atoms with van der Waals surface area (Å²) in [6.45, 7) is 4.15. The standard InChI is InChI=1S/C24H24Cl2N2O4S/c1-4-32-23-12-7-17(24(29)27-19-8-11-21(25)22(26)14-19)13-18(23)15-28(3)33(30,31)20-9-5-16(2)6-10-20/h5-14H,4,15H2,1-3H3,(H,27,29). The topological polar surface area (TPSA) is 75.7 Å². The molecule has 0 aliphatic heterocycles. The van der Waals surface area contributed by atoms with Crippen LogP contribution in [0.2, 0.25) is 10.0 Å². The minimum absolute atomic E-state index is 0.0272. The Kier molecular flexibility index (Phi) is 8.02. The third-order valence-electron chi connectivity index (χ3n) is 4.92. The Morgan fingerprint density at radius 2 is 1.70 bits per heavy atom. The van der Waals surface area contributed by atoms with Crippen molar-refractivity contribution in [2.75, 3.05) is 19.0 Å². The van der Waals surface area contributed by atoms with Crippen LogP contribution >= 0.6 is 23.2 Å². The number of hydrogen-bond acceptors (Lipinski definition) is 4. The highest BCUT2D eigenvalue weighted by atomic mass is 35.5. The normalized spacial score (nSPS) is 11.5. The summed E-state index contributed by atoms with van der Waals surface area (Å²) in [5.74, 6) is 0.135. The highest BCUT2D eigenvalue weighted by Crippen LogP contribution is 2.27. The van der Waals surface area contributed by atoms with Crippen LogP contribution < -0.4 is 10.1 Å². The molecular weight excluding hydrogens is 483 g/mol. The molecule has 0 fully saturated rings. The minimum atomic E-state index is -3.73. The van der Waals surface area contributed by atoms with Gasteiger partial charge in [-0.2, -0.15) is 4.31 Å². The zero-order chi connectivity index (χ0) is 24.2. The summed E-state index contributed by atoms with van der Waals surface area (Å²) in [6.07, 6.45) is 0. The summed E-state index contributed by atoms with van der Waals surface area (Å²) < 4.78 is 32.9. The van der Waals surface area contributed by atoms with Gasteiger partial charge in [0.05, 0.1) is 21.5 Å². The molecule has 0 aliphatic rings. The van der Waals surface area contributed by atoms with E-state index in [0.717, 1.165) is 5.56 Å². The van der Waals surface area contributed by atoms with Gasteiger partial charge in [-0.3, -0.25) is 4.79 Å². The van der Waals surface area contributed by atoms with Gasteiger partial charge in [-0.15, -0.1) is 0 Å². The molecule has 0 radical (unpaired) electrons. The van der Waals surface area contributed by atoms with E-state index in [1.54, 1.807) is 60.7 Å². The lowest BCUT2D eigenvalue weighted by Gasteiger charge is -2.20. The maximum Gasteiger partial charge on any atom is 0.255 e. The van der Waals surface area contributed by atoms with E-state index in [1.165, 1.54) is 11.4 Å². The second-order valence-electron chi connectivity index (χ2n) is 7.41. The third kappa shape index (κ3) is 6.06. The summed E-state index contributed by atoms with van der Waals surface area (Å²) in [7, 11) is -2.23. The average Bonchev–Trinajstić information content (AvgIpc) is 2.77. The predicted octanol–water partition coefficient (Wildman–Crippen LogP) is 5.77. The monoisotopic (exact) mass is 506 g/mol. The summed E-state index contributed by atoms with van der Waals surface area (Å²) in [6, 6.07) is 16.3. The van der Waals surface area contributed by atoms with Crippen molar-refractivity contribution in [2.45, 2.75) is 25.3 Å². The summed E-state index contributed by atoms with van der Waals surface area (Å²) in [4.78, 5) is 13.0. The summed E-state index contributed by atoms with van der Waals surface area (Å²) >= 11 is 11.9. The molecule has 1 amide bonds. The number of nitrogens with zero attached hydrogens (tertiary/aromatic N) is 1. The Morgan fingerprint density at radius 3 is 2.33 bits per heavy atom. The van der Waals surface area contributed by atoms with Gasteiger partial charge in [0.25, 0.3) is 5.91 Å². The number of ether oxygens (including phenoxy) is 1. The number of carbonyl (C=O) groups excluding carboxylic acids is 1. The van der Waals surface area contributed by atoms with Gasteiger partial charge in [0, 0.05) is 30.4 Å². The number of hydrogen-bond donors (Lipinski definition) is 1. The Labute approximate surface area is 204 Å². The van der Waals surface area contributed by atoms with E-state index in [0.29, 0.717) is 39.2 Å². The fraction of sp³-hybridized carbons (Fsp3) is 0.208. The molecule has 0 aromatic heterocycles. The second kappa shape index (κ2) is 10.6. The molecule has 3 aromatic carbocycles. The van der Waals surface area contributed by atoms with Gasteiger partial charge in [0.1, 0.15) is 5.75 Å². The van der Waals surface area contributed by atoms with Crippen LogP contribution in [0, 0.1) is 6.92 Å². The SMILES string of the molecule is CCOc1ccc(C(=O)Nc2ccc(Cl)c(Cl)c2)cc1CN(C)S(=O)(=O)c1ccc(C)cc1. The van der Waals surface area contributed by atoms with Crippen molar-refractivity contribution in [1.82, 2.24) is 4.31 Å². The van der Waals surface area contributed by atoms with Crippen LogP contribution in [0.15, 0.2) is 65.6 Å². The number of nitrogens with one attached hydrogen (secondary N) is 1. The molecule has 0 heterocycles. The Balaban J connectivity index is 1.87. The van der Waals surface area contributed by atoms with Crippen LogP contribution in [0.5, 0.6) is 5.75 Å². The number of sulfonamides is 1. The minimum Gasteiger partial charge on any atom is -0.494 e. The van der Waals surface area contributed by atoms with Crippen molar-refractivity contribution in [2.24, 2.45) is 0 Å². The molecule has 6 nitrogen and oxygen atoms in total. The predicted molar refractivity (Wildman–Crippen MR) is 132 cm³/mol. The van der Waals surface area contributed by atoms with Gasteiger partial charge in [-0.1, -0.05) is 40.9 Å². The molecule has 0 aliphatic carbocycles. The van der Waals surface area contributed by atoms with E-state index in [9.17, 15) is 13.2 Å². The molecule has 174 valence electrons. The Hall–Kier alpha value is -2.58. The largest absolute Gasteiger partial charge is 0.494 e. The molecule has 9 heteroatoms. The van der Waals surface area contributed by atoms with E-state index in [-0.39, 0.29) is 17.3 Å². The van der Waals surface area contributed by atoms with Crippen molar-refractivity contribution < 1.29 is 17.9 Å². The number of carbonyl (C=O) groups is 1. The van der Waals surface area contributed by atoms with Crippen LogP contribution in [0.3, 0.4) is 0 Å². The molecular formula is C24H24Cl2N2O4S. The molecule has 3 aromatic rings. The number of anilines is 1. The highest BCUT2D eigenvalue weighted by Gasteiger charge is 2.23. The number of benzene rings is 3. The van der Waals surface area contributed by atoms with Crippen LogP contribution in [0.1, 0.15) is 28.4 Å². The van der Waals surface area contributed by atoms with Crippen LogP contribution in [-0.4, -0.2) is 32.3 Å². The van der Waals surface area contributed by atoms with Crippen molar-refractivity contribution in [3.05, 3.63) is 87.4 Å². The second-order valence-corrected chi connectivity index (χ2v) is 10.3. The quantitative estimate of drug-likeness (QED) is 0.420. The summed E-state index contributed by atoms with van der Waals surface area (Å²) in [5, 5.41) is 3.47. The zero-order valence-corrected chi connectivity index (χ0v) is 20.8. The van der Waals surface area contributed by atoms with Crippen molar-refractivity contribution in [1.29, 1.82) is 0 Å². The van der Waals surface area contributed by atoms with Crippen LogP contribution in [-0.2, 0) is 16.6 Å². The first-order chi connectivity index (χ1) is 15.6. The molecule has 1 N–H and O–H groups in total. The van der Waals surface area contributed by atoms with Crippen molar-refractivity contribution in [3.63, 3.8) is 0 Å². The molecule has 0 bridgehead atoms. The van der Waals surface area contributed by atoms with Gasteiger partial charge in [-0.05, 0) is 62.4 Å². The van der Waals surface area contributed by atoms with Gasteiger partial charge in [0.2, 0.25) is 10.0 Å². The highest BCUT2D eigenvalue weighted by molar-refractivity contribution is 7.89. The number of rotatable bonds is 8. The van der Waals surface area contributed by atoms with Crippen molar-refractivity contribution in [3.8, 4) is 5.75 Å². The smallest absolute Gasteiger partial charge is 0.255 e. The van der Waals surface area contributed by atoms with E-state index >= 15 is 0 Å². The van der Waals surface area contributed by atoms with Crippen LogP contribution in [0.25, 0.3) is 0 Å². The maximum atomic E-state index is 13.0. The fourth-order valence-corrected chi connectivity index (χ4v) is 4.58. The first-order valence-electron chi connectivity index (χ1n) is 10.2. The Bertz CT molecular complexity index is 1260. The van der Waals surface area contributed by atoms with Gasteiger partial charge >= 0.3 is 0 Å². The van der Waals surface area contributed by atoms with Gasteiger partial charge in [-0.25, -0.2) is 8.42 Å². The zero-order valence-electron chi connectivity index (χ0n) is 18.4. The molecule has 0 saturated heterocycles. The molecule has 0 spiro atoms. The van der Waals surface area contributed by atoms with Crippen LogP contribution in [0.4, 0.5) is 5.69 Å². The lowest BCUT2D eigenvalue weighted by atomic mass is 10.1. The molecule has 3 rings (SSSR count). The Morgan fingerprint density at radius 1 is 1.00 bits per heavy atom.